The first-order valence-corrected chi connectivity index (χ1v) is 15.0. The number of benzene rings is 2. The Labute approximate surface area is 258 Å². The summed E-state index contributed by atoms with van der Waals surface area (Å²) in [5, 5.41) is 20.3. The van der Waals surface area contributed by atoms with Crippen molar-refractivity contribution in [1.29, 1.82) is 0 Å². The van der Waals surface area contributed by atoms with Gasteiger partial charge in [-0.1, -0.05) is 11.6 Å². The van der Waals surface area contributed by atoms with Crippen LogP contribution in [0, 0.1) is 11.7 Å². The number of fused-ring (bicyclic) bond motifs is 1. The molecule has 4 aromatic rings. The van der Waals surface area contributed by atoms with Crippen LogP contribution in [0.25, 0.3) is 22.2 Å². The van der Waals surface area contributed by atoms with E-state index in [2.05, 4.69) is 10.4 Å². The second kappa shape index (κ2) is 11.7. The van der Waals surface area contributed by atoms with Gasteiger partial charge in [-0.15, -0.1) is 0 Å². The van der Waals surface area contributed by atoms with E-state index in [1.807, 2.05) is 10.9 Å². The number of carbonyl (C=O) groups is 2. The third-order valence-electron chi connectivity index (χ3n) is 8.11. The van der Waals surface area contributed by atoms with E-state index in [9.17, 15) is 19.1 Å². The zero-order chi connectivity index (χ0) is 31.2. The molecule has 2 aliphatic carbocycles. The maximum Gasteiger partial charge on any atom is 0.251 e. The summed E-state index contributed by atoms with van der Waals surface area (Å²) >= 11 is 6.10. The van der Waals surface area contributed by atoms with Gasteiger partial charge in [0.2, 0.25) is 5.91 Å². The highest BCUT2D eigenvalue weighted by atomic mass is 35.5. The van der Waals surface area contributed by atoms with Crippen molar-refractivity contribution in [2.75, 3.05) is 20.3 Å². The van der Waals surface area contributed by atoms with Crippen molar-refractivity contribution in [2.45, 2.75) is 50.7 Å². The third kappa shape index (κ3) is 5.81. The van der Waals surface area contributed by atoms with E-state index in [0.29, 0.717) is 46.8 Å². The predicted octanol–water partition coefficient (Wildman–Crippen LogP) is 4.69. The van der Waals surface area contributed by atoms with Crippen LogP contribution in [-0.4, -0.2) is 51.9 Å². The zero-order valence-corrected chi connectivity index (χ0v) is 25.2. The first-order chi connectivity index (χ1) is 21.1. The molecule has 2 fully saturated rings. The van der Waals surface area contributed by atoms with Crippen molar-refractivity contribution in [3.63, 3.8) is 0 Å². The Hall–Kier alpha value is -4.22. The number of rotatable bonds is 12. The number of carbonyl (C=O) groups excluding carboxylic acids is 2. The zero-order valence-electron chi connectivity index (χ0n) is 24.4. The number of aliphatic hydroxyl groups is 1. The Morgan fingerprint density at radius 2 is 1.98 bits per heavy atom. The van der Waals surface area contributed by atoms with Crippen molar-refractivity contribution in [3.8, 4) is 22.8 Å². The number of amides is 2. The first kappa shape index (κ1) is 29.8. The van der Waals surface area contributed by atoms with Crippen molar-refractivity contribution in [2.24, 2.45) is 11.7 Å². The molecule has 0 unspecified atom stereocenters. The molecule has 230 valence electrons. The standard InChI is InChI=1S/C32H33ClFN5O5/c1-3-44-30-18(14-27(35)40)13-26(37-29(30)17-4-9-24(34)23(33)11-17)32(42,21-5-6-21)16-36-31(41)19-10-20-15-39(22-7-8-22)38-28(20)25(12-19)43-2/h4,9-13,15,21-22,42H,3,5-8,14,16H2,1-2H3,(H2,35,40)(H,36,41)/t32-/m1/s1. The normalized spacial score (nSPS) is 16.0. The summed E-state index contributed by atoms with van der Waals surface area (Å²) in [5.41, 5.74) is 6.38. The molecule has 2 aromatic heterocycles. The SMILES string of the molecule is CCOc1c(CC(N)=O)cc([C@@](O)(CNC(=O)c2cc(OC)c3nn(C4CC4)cc3c2)C2CC2)nc1-c1ccc(F)c(Cl)c1. The van der Waals surface area contributed by atoms with Gasteiger partial charge < -0.3 is 25.6 Å². The Bertz CT molecular complexity index is 1770. The highest BCUT2D eigenvalue weighted by Gasteiger charge is 2.47. The van der Waals surface area contributed by atoms with Crippen molar-refractivity contribution < 1.29 is 28.6 Å². The molecular formula is C32H33ClFN5O5. The van der Waals surface area contributed by atoms with E-state index in [1.165, 1.54) is 25.3 Å². The van der Waals surface area contributed by atoms with E-state index >= 15 is 0 Å². The fourth-order valence-corrected chi connectivity index (χ4v) is 5.71. The molecule has 2 saturated carbocycles. The fraction of sp³-hybridized carbons (Fsp3) is 0.375. The maximum absolute atomic E-state index is 14.0. The molecule has 0 radical (unpaired) electrons. The fourth-order valence-electron chi connectivity index (χ4n) is 5.53. The third-order valence-corrected chi connectivity index (χ3v) is 8.40. The number of hydrogen-bond donors (Lipinski definition) is 3. The number of aromatic nitrogens is 3. The van der Waals surface area contributed by atoms with Crippen LogP contribution in [0.2, 0.25) is 5.02 Å². The number of nitrogens with zero attached hydrogens (tertiary/aromatic N) is 3. The van der Waals surface area contributed by atoms with Crippen molar-refractivity contribution in [1.82, 2.24) is 20.1 Å². The summed E-state index contributed by atoms with van der Waals surface area (Å²) < 4.78 is 27.4. The number of nitrogens with one attached hydrogen (secondary N) is 1. The van der Waals surface area contributed by atoms with Crippen LogP contribution in [0.3, 0.4) is 0 Å². The van der Waals surface area contributed by atoms with Crippen LogP contribution in [0.1, 0.15) is 60.3 Å². The van der Waals surface area contributed by atoms with Gasteiger partial charge >= 0.3 is 0 Å². The van der Waals surface area contributed by atoms with Crippen molar-refractivity contribution in [3.05, 3.63) is 70.3 Å². The molecule has 0 spiro atoms. The number of methoxy groups -OCH3 is 1. The summed E-state index contributed by atoms with van der Waals surface area (Å²) in [6.07, 6.45) is 5.29. The van der Waals surface area contributed by atoms with E-state index in [0.717, 1.165) is 18.2 Å². The van der Waals surface area contributed by atoms with Gasteiger partial charge in [0, 0.05) is 28.3 Å². The van der Waals surface area contributed by atoms with Gasteiger partial charge in [-0.3, -0.25) is 14.3 Å². The van der Waals surface area contributed by atoms with Gasteiger partial charge in [0.1, 0.15) is 34.1 Å². The molecule has 0 aliphatic heterocycles. The number of hydrogen-bond acceptors (Lipinski definition) is 7. The number of pyridine rings is 1. The molecule has 2 heterocycles. The highest BCUT2D eigenvalue weighted by Crippen LogP contribution is 2.47. The topological polar surface area (TPSA) is 142 Å². The first-order valence-electron chi connectivity index (χ1n) is 14.6. The van der Waals surface area contributed by atoms with E-state index in [4.69, 9.17) is 31.8 Å². The van der Waals surface area contributed by atoms with Crippen LogP contribution in [0.15, 0.2) is 42.6 Å². The van der Waals surface area contributed by atoms with Gasteiger partial charge in [-0.2, -0.15) is 5.10 Å². The Balaban J connectivity index is 1.36. The lowest BCUT2D eigenvalue weighted by Crippen LogP contribution is -2.43. The van der Waals surface area contributed by atoms with Crippen molar-refractivity contribution >= 4 is 34.3 Å². The highest BCUT2D eigenvalue weighted by molar-refractivity contribution is 6.31. The summed E-state index contributed by atoms with van der Waals surface area (Å²) in [4.78, 5) is 30.3. The molecule has 12 heteroatoms. The molecular weight excluding hydrogens is 589 g/mol. The molecule has 2 aromatic carbocycles. The van der Waals surface area contributed by atoms with Crippen LogP contribution in [0.4, 0.5) is 4.39 Å². The largest absolute Gasteiger partial charge is 0.494 e. The summed E-state index contributed by atoms with van der Waals surface area (Å²) in [6.45, 7) is 1.88. The predicted molar refractivity (Wildman–Crippen MR) is 162 cm³/mol. The second-order valence-corrected chi connectivity index (χ2v) is 11.8. The smallest absolute Gasteiger partial charge is 0.251 e. The molecule has 4 N–H and O–H groups in total. The molecule has 44 heavy (non-hydrogen) atoms. The molecule has 6 rings (SSSR count). The minimum absolute atomic E-state index is 0.117. The van der Waals surface area contributed by atoms with Crippen LogP contribution < -0.4 is 20.5 Å². The number of halogens is 2. The van der Waals surface area contributed by atoms with Crippen LogP contribution in [0.5, 0.6) is 11.5 Å². The Morgan fingerprint density at radius 1 is 1.20 bits per heavy atom. The monoisotopic (exact) mass is 621 g/mol. The number of nitrogens with two attached hydrogens (primary N) is 1. The van der Waals surface area contributed by atoms with Gasteiger partial charge in [-0.05, 0) is 74.9 Å². The van der Waals surface area contributed by atoms with Gasteiger partial charge in [-0.25, -0.2) is 9.37 Å². The maximum atomic E-state index is 14.0. The summed E-state index contributed by atoms with van der Waals surface area (Å²) in [5.74, 6) is -1.05. The quantitative estimate of drug-likeness (QED) is 0.208. The van der Waals surface area contributed by atoms with Crippen LogP contribution in [-0.2, 0) is 16.8 Å². The molecule has 1 atom stereocenters. The van der Waals surface area contributed by atoms with Crippen LogP contribution >= 0.6 is 11.6 Å². The summed E-state index contributed by atoms with van der Waals surface area (Å²) in [7, 11) is 1.53. The Kier molecular flexibility index (Phi) is 7.93. The lowest BCUT2D eigenvalue weighted by molar-refractivity contribution is -0.117. The minimum Gasteiger partial charge on any atom is -0.494 e. The summed E-state index contributed by atoms with van der Waals surface area (Å²) in [6, 6.07) is 9.47. The molecule has 0 saturated heterocycles. The molecule has 2 aliphatic rings. The average Bonchev–Trinajstić information content (AvgIpc) is 3.94. The lowest BCUT2D eigenvalue weighted by Gasteiger charge is -2.30. The van der Waals surface area contributed by atoms with E-state index < -0.39 is 23.2 Å². The average molecular weight is 622 g/mol. The van der Waals surface area contributed by atoms with Gasteiger partial charge in [0.05, 0.1) is 43.4 Å². The number of ether oxygens (including phenoxy) is 2. The van der Waals surface area contributed by atoms with Gasteiger partial charge in [0.25, 0.3) is 5.91 Å². The lowest BCUT2D eigenvalue weighted by atomic mass is 9.90. The molecule has 0 bridgehead atoms. The number of primary amides is 1. The Morgan fingerprint density at radius 3 is 2.61 bits per heavy atom. The minimum atomic E-state index is -1.59. The molecule has 2 amide bonds. The van der Waals surface area contributed by atoms with E-state index in [-0.39, 0.29) is 47.7 Å². The van der Waals surface area contributed by atoms with Gasteiger partial charge in [0.15, 0.2) is 0 Å². The second-order valence-electron chi connectivity index (χ2n) is 11.4. The molecule has 10 nitrogen and oxygen atoms in total. The van der Waals surface area contributed by atoms with E-state index in [1.54, 1.807) is 25.1 Å².